The van der Waals surface area contributed by atoms with Crippen LogP contribution in [0.15, 0.2) is 42.7 Å². The van der Waals surface area contributed by atoms with Crippen molar-refractivity contribution in [2.24, 2.45) is 0 Å². The zero-order chi connectivity index (χ0) is 11.2. The summed E-state index contributed by atoms with van der Waals surface area (Å²) in [6, 6.07) is 8.92. The second kappa shape index (κ2) is 5.02. The van der Waals surface area contributed by atoms with Gasteiger partial charge in [-0.05, 0) is 18.2 Å². The molecule has 2 rings (SSSR count). The van der Waals surface area contributed by atoms with E-state index in [1.165, 1.54) is 6.20 Å². The van der Waals surface area contributed by atoms with E-state index in [2.05, 4.69) is 9.97 Å². The third-order valence-corrected chi connectivity index (χ3v) is 1.99. The molecule has 0 saturated heterocycles. The SMILES string of the molecule is O=Cc1ccc(COc2ccccn2)nc1. The van der Waals surface area contributed by atoms with Crippen molar-refractivity contribution in [1.82, 2.24) is 9.97 Å². The number of hydrogen-bond donors (Lipinski definition) is 0. The van der Waals surface area contributed by atoms with Crippen LogP contribution in [-0.4, -0.2) is 16.3 Å². The highest BCUT2D eigenvalue weighted by molar-refractivity contribution is 5.73. The summed E-state index contributed by atoms with van der Waals surface area (Å²) in [5.74, 6) is 0.559. The lowest BCUT2D eigenvalue weighted by atomic mass is 10.3. The molecule has 0 unspecified atom stereocenters. The van der Waals surface area contributed by atoms with Gasteiger partial charge in [-0.2, -0.15) is 0 Å². The first-order valence-electron chi connectivity index (χ1n) is 4.82. The molecule has 0 saturated carbocycles. The van der Waals surface area contributed by atoms with Crippen LogP contribution in [0.3, 0.4) is 0 Å². The van der Waals surface area contributed by atoms with Gasteiger partial charge in [-0.15, -0.1) is 0 Å². The average Bonchev–Trinajstić information content (AvgIpc) is 2.38. The molecule has 0 atom stereocenters. The highest BCUT2D eigenvalue weighted by Crippen LogP contribution is 2.06. The lowest BCUT2D eigenvalue weighted by Crippen LogP contribution is -1.99. The van der Waals surface area contributed by atoms with Crippen LogP contribution in [0.5, 0.6) is 5.88 Å². The minimum atomic E-state index is 0.343. The number of aromatic nitrogens is 2. The topological polar surface area (TPSA) is 52.1 Å². The van der Waals surface area contributed by atoms with E-state index >= 15 is 0 Å². The number of carbonyl (C=O) groups is 1. The van der Waals surface area contributed by atoms with Crippen molar-refractivity contribution in [3.8, 4) is 5.88 Å². The van der Waals surface area contributed by atoms with E-state index in [1.807, 2.05) is 12.1 Å². The summed E-state index contributed by atoms with van der Waals surface area (Å²) in [5.41, 5.74) is 1.32. The lowest BCUT2D eigenvalue weighted by molar-refractivity contribution is 0.112. The van der Waals surface area contributed by atoms with Crippen molar-refractivity contribution in [3.63, 3.8) is 0 Å². The van der Waals surface area contributed by atoms with Gasteiger partial charge >= 0.3 is 0 Å². The molecular weight excluding hydrogens is 204 g/mol. The summed E-state index contributed by atoms with van der Waals surface area (Å²) in [5, 5.41) is 0. The van der Waals surface area contributed by atoms with Gasteiger partial charge in [-0.25, -0.2) is 4.98 Å². The zero-order valence-corrected chi connectivity index (χ0v) is 8.54. The van der Waals surface area contributed by atoms with Gasteiger partial charge in [0.05, 0.1) is 5.69 Å². The smallest absolute Gasteiger partial charge is 0.213 e. The van der Waals surface area contributed by atoms with Gasteiger partial charge in [0.25, 0.3) is 0 Å². The van der Waals surface area contributed by atoms with Crippen molar-refractivity contribution in [2.75, 3.05) is 0 Å². The molecule has 2 heterocycles. The van der Waals surface area contributed by atoms with Gasteiger partial charge in [0.15, 0.2) is 6.29 Å². The second-order valence-electron chi connectivity index (χ2n) is 3.16. The maximum atomic E-state index is 10.4. The first-order valence-corrected chi connectivity index (χ1v) is 4.82. The summed E-state index contributed by atoms with van der Waals surface area (Å²) in [4.78, 5) is 18.5. The number of ether oxygens (including phenoxy) is 1. The maximum Gasteiger partial charge on any atom is 0.213 e. The highest BCUT2D eigenvalue weighted by Gasteiger charge is 1.97. The summed E-state index contributed by atoms with van der Waals surface area (Å²) >= 11 is 0. The average molecular weight is 214 g/mol. The van der Waals surface area contributed by atoms with Crippen molar-refractivity contribution in [2.45, 2.75) is 6.61 Å². The molecule has 0 aliphatic rings. The third-order valence-electron chi connectivity index (χ3n) is 1.99. The van der Waals surface area contributed by atoms with Crippen molar-refractivity contribution in [3.05, 3.63) is 54.0 Å². The van der Waals surface area contributed by atoms with E-state index in [0.29, 0.717) is 18.1 Å². The standard InChI is InChI=1S/C12H10N2O2/c15-8-10-4-5-11(14-7-10)9-16-12-3-1-2-6-13-12/h1-8H,9H2. The Morgan fingerprint density at radius 2 is 2.12 bits per heavy atom. The Morgan fingerprint density at radius 3 is 2.75 bits per heavy atom. The van der Waals surface area contributed by atoms with E-state index in [1.54, 1.807) is 24.4 Å². The number of carbonyl (C=O) groups excluding carboxylic acids is 1. The number of nitrogens with zero attached hydrogens (tertiary/aromatic N) is 2. The van der Waals surface area contributed by atoms with Crippen LogP contribution in [0.4, 0.5) is 0 Å². The predicted molar refractivity (Wildman–Crippen MR) is 58.2 cm³/mol. The van der Waals surface area contributed by atoms with Gasteiger partial charge in [-0.3, -0.25) is 9.78 Å². The molecule has 0 amide bonds. The van der Waals surface area contributed by atoms with Gasteiger partial charge in [0, 0.05) is 24.0 Å². The Morgan fingerprint density at radius 1 is 1.19 bits per heavy atom. The molecule has 2 aromatic heterocycles. The van der Waals surface area contributed by atoms with Crippen molar-refractivity contribution >= 4 is 6.29 Å². The van der Waals surface area contributed by atoms with Gasteiger partial charge in [-0.1, -0.05) is 6.07 Å². The van der Waals surface area contributed by atoms with E-state index in [4.69, 9.17) is 4.74 Å². The summed E-state index contributed by atoms with van der Waals surface area (Å²) in [6.07, 6.45) is 3.94. The Kier molecular flexibility index (Phi) is 3.23. The van der Waals surface area contributed by atoms with Crippen molar-refractivity contribution < 1.29 is 9.53 Å². The molecule has 0 N–H and O–H groups in total. The molecule has 0 aromatic carbocycles. The van der Waals surface area contributed by atoms with E-state index in [-0.39, 0.29) is 0 Å². The first-order chi connectivity index (χ1) is 7.88. The molecule has 0 fully saturated rings. The molecule has 0 spiro atoms. The van der Waals surface area contributed by atoms with Crippen LogP contribution in [0.2, 0.25) is 0 Å². The van der Waals surface area contributed by atoms with Crippen LogP contribution < -0.4 is 4.74 Å². The van der Waals surface area contributed by atoms with E-state index < -0.39 is 0 Å². The number of rotatable bonds is 4. The minimum Gasteiger partial charge on any atom is -0.471 e. The lowest BCUT2D eigenvalue weighted by Gasteiger charge is -2.03. The number of hydrogen-bond acceptors (Lipinski definition) is 4. The molecule has 0 radical (unpaired) electrons. The fourth-order valence-electron chi connectivity index (χ4n) is 1.17. The maximum absolute atomic E-state index is 10.4. The Hall–Kier alpha value is -2.23. The van der Waals surface area contributed by atoms with Crippen LogP contribution in [0.25, 0.3) is 0 Å². The largest absolute Gasteiger partial charge is 0.471 e. The van der Waals surface area contributed by atoms with Crippen LogP contribution >= 0.6 is 0 Å². The monoisotopic (exact) mass is 214 g/mol. The number of pyridine rings is 2. The fourth-order valence-corrected chi connectivity index (χ4v) is 1.17. The molecule has 0 bridgehead atoms. The highest BCUT2D eigenvalue weighted by atomic mass is 16.5. The minimum absolute atomic E-state index is 0.343. The Bertz CT molecular complexity index is 454. The van der Waals surface area contributed by atoms with Crippen LogP contribution in [0, 0.1) is 0 Å². The summed E-state index contributed by atoms with van der Waals surface area (Å²) in [7, 11) is 0. The molecule has 80 valence electrons. The van der Waals surface area contributed by atoms with E-state index in [9.17, 15) is 4.79 Å². The molecule has 4 nitrogen and oxygen atoms in total. The first kappa shape index (κ1) is 10.3. The van der Waals surface area contributed by atoms with Gasteiger partial charge < -0.3 is 4.74 Å². The quantitative estimate of drug-likeness (QED) is 0.729. The third kappa shape index (κ3) is 2.63. The van der Waals surface area contributed by atoms with Crippen LogP contribution in [0.1, 0.15) is 16.1 Å². The molecule has 2 aromatic rings. The van der Waals surface area contributed by atoms with Crippen molar-refractivity contribution in [1.29, 1.82) is 0 Å². The second-order valence-corrected chi connectivity index (χ2v) is 3.16. The number of aldehydes is 1. The summed E-state index contributed by atoms with van der Waals surface area (Å²) in [6.45, 7) is 0.343. The van der Waals surface area contributed by atoms with Gasteiger partial charge in [0.1, 0.15) is 6.61 Å². The predicted octanol–water partition coefficient (Wildman–Crippen LogP) is 1.87. The molecule has 0 aliphatic heterocycles. The molecule has 16 heavy (non-hydrogen) atoms. The Balaban J connectivity index is 1.97. The molecular formula is C12H10N2O2. The Labute approximate surface area is 92.9 Å². The van der Waals surface area contributed by atoms with Crippen LogP contribution in [-0.2, 0) is 6.61 Å². The molecule has 4 heteroatoms. The molecule has 0 aliphatic carbocycles. The van der Waals surface area contributed by atoms with E-state index in [0.717, 1.165) is 12.0 Å². The summed E-state index contributed by atoms with van der Waals surface area (Å²) < 4.78 is 5.40. The normalized spacial score (nSPS) is 9.75. The zero-order valence-electron chi connectivity index (χ0n) is 8.54. The van der Waals surface area contributed by atoms with Gasteiger partial charge in [0.2, 0.25) is 5.88 Å². The fraction of sp³-hybridized carbons (Fsp3) is 0.0833.